The maximum absolute atomic E-state index is 3.68. The van der Waals surface area contributed by atoms with Gasteiger partial charge in [-0.2, -0.15) is 0 Å². The van der Waals surface area contributed by atoms with Crippen LogP contribution < -0.4 is 5.32 Å². The van der Waals surface area contributed by atoms with Crippen LogP contribution in [0.25, 0.3) is 0 Å². The Morgan fingerprint density at radius 2 is 1.67 bits per heavy atom. The minimum atomic E-state index is 0.608. The van der Waals surface area contributed by atoms with Crippen molar-refractivity contribution in [3.63, 3.8) is 0 Å². The molecular weight excluding hydrogens is 220 g/mol. The highest BCUT2D eigenvalue weighted by Gasteiger charge is 2.38. The van der Waals surface area contributed by atoms with E-state index in [1.54, 1.807) is 0 Å². The van der Waals surface area contributed by atoms with Gasteiger partial charge >= 0.3 is 0 Å². The highest BCUT2D eigenvalue weighted by atomic mass is 15.2. The molecule has 2 heteroatoms. The molecule has 0 amide bonds. The van der Waals surface area contributed by atoms with Gasteiger partial charge in [-0.1, -0.05) is 13.8 Å². The first-order valence-corrected chi connectivity index (χ1v) is 8.13. The topological polar surface area (TPSA) is 15.3 Å². The maximum Gasteiger partial charge on any atom is 0.0195 e. The van der Waals surface area contributed by atoms with Crippen molar-refractivity contribution in [2.45, 2.75) is 83.3 Å². The van der Waals surface area contributed by atoms with Crippen molar-refractivity contribution in [2.75, 3.05) is 13.1 Å². The summed E-state index contributed by atoms with van der Waals surface area (Å²) in [4.78, 5) is 2.89. The first-order valence-electron chi connectivity index (χ1n) is 8.13. The van der Waals surface area contributed by atoms with Crippen LogP contribution in [0, 0.1) is 5.41 Å². The number of hydrogen-bond donors (Lipinski definition) is 1. The van der Waals surface area contributed by atoms with Crippen LogP contribution in [0.1, 0.15) is 65.2 Å². The summed E-state index contributed by atoms with van der Waals surface area (Å²) < 4.78 is 0. The van der Waals surface area contributed by atoms with E-state index < -0.39 is 0 Å². The monoisotopic (exact) mass is 250 g/mol. The van der Waals surface area contributed by atoms with Crippen LogP contribution in [0.3, 0.4) is 0 Å². The Balaban J connectivity index is 1.56. The lowest BCUT2D eigenvalue weighted by Crippen LogP contribution is -2.46. The lowest BCUT2D eigenvalue weighted by atomic mass is 9.75. The van der Waals surface area contributed by atoms with Gasteiger partial charge in [-0.15, -0.1) is 0 Å². The molecule has 1 atom stereocenters. The third-order valence-electron chi connectivity index (χ3n) is 5.39. The van der Waals surface area contributed by atoms with Gasteiger partial charge in [0.15, 0.2) is 0 Å². The van der Waals surface area contributed by atoms with E-state index in [1.807, 2.05) is 0 Å². The molecular formula is C16H30N2. The molecule has 2 nitrogen and oxygen atoms in total. The van der Waals surface area contributed by atoms with E-state index in [0.29, 0.717) is 5.41 Å². The molecule has 0 aromatic rings. The molecule has 1 N–H and O–H groups in total. The molecule has 0 bridgehead atoms. The standard InChI is InChI=1S/C16H30N2/c1-16(2)9-7-15(8-10-16)18(14-5-6-14)12-13-4-3-11-17-13/h13-15,17H,3-12H2,1-2H3. The fourth-order valence-corrected chi connectivity index (χ4v) is 3.89. The van der Waals surface area contributed by atoms with E-state index in [0.717, 1.165) is 18.1 Å². The minimum absolute atomic E-state index is 0.608. The van der Waals surface area contributed by atoms with E-state index in [1.165, 1.54) is 64.5 Å². The Morgan fingerprint density at radius 1 is 1.00 bits per heavy atom. The van der Waals surface area contributed by atoms with Gasteiger partial charge < -0.3 is 5.32 Å². The molecule has 0 aromatic carbocycles. The van der Waals surface area contributed by atoms with E-state index in [4.69, 9.17) is 0 Å². The van der Waals surface area contributed by atoms with Crippen LogP contribution in [0.2, 0.25) is 0 Å². The number of hydrogen-bond acceptors (Lipinski definition) is 2. The summed E-state index contributed by atoms with van der Waals surface area (Å²) in [6.07, 6.45) is 11.5. The molecule has 1 unspecified atom stereocenters. The zero-order chi connectivity index (χ0) is 12.6. The Bertz CT molecular complexity index is 267. The molecule has 3 aliphatic rings. The quantitative estimate of drug-likeness (QED) is 0.824. The van der Waals surface area contributed by atoms with Crippen LogP contribution in [-0.4, -0.2) is 36.1 Å². The highest BCUT2D eigenvalue weighted by Crippen LogP contribution is 2.40. The van der Waals surface area contributed by atoms with E-state index in [-0.39, 0.29) is 0 Å². The molecule has 104 valence electrons. The third kappa shape index (κ3) is 3.08. The van der Waals surface area contributed by atoms with Crippen LogP contribution in [0.4, 0.5) is 0 Å². The van der Waals surface area contributed by atoms with Gasteiger partial charge in [0.25, 0.3) is 0 Å². The summed E-state index contributed by atoms with van der Waals surface area (Å²) in [5.74, 6) is 0. The van der Waals surface area contributed by atoms with Gasteiger partial charge in [0.05, 0.1) is 0 Å². The molecule has 1 heterocycles. The van der Waals surface area contributed by atoms with Gasteiger partial charge in [0, 0.05) is 24.7 Å². The Morgan fingerprint density at radius 3 is 2.22 bits per heavy atom. The van der Waals surface area contributed by atoms with Gasteiger partial charge in [-0.3, -0.25) is 4.90 Å². The normalized spacial score (nSPS) is 33.2. The van der Waals surface area contributed by atoms with Crippen LogP contribution in [-0.2, 0) is 0 Å². The molecule has 18 heavy (non-hydrogen) atoms. The van der Waals surface area contributed by atoms with Crippen molar-refractivity contribution in [1.82, 2.24) is 10.2 Å². The molecule has 0 spiro atoms. The van der Waals surface area contributed by atoms with Gasteiger partial charge in [0.1, 0.15) is 0 Å². The largest absolute Gasteiger partial charge is 0.313 e. The summed E-state index contributed by atoms with van der Waals surface area (Å²) in [6.45, 7) is 7.48. The number of nitrogens with zero attached hydrogens (tertiary/aromatic N) is 1. The van der Waals surface area contributed by atoms with E-state index in [9.17, 15) is 0 Å². The summed E-state index contributed by atoms with van der Waals surface area (Å²) in [5, 5.41) is 3.68. The number of nitrogens with one attached hydrogen (secondary N) is 1. The maximum atomic E-state index is 3.68. The Hall–Kier alpha value is -0.0800. The summed E-state index contributed by atoms with van der Waals surface area (Å²) in [6, 6.07) is 2.63. The van der Waals surface area contributed by atoms with Gasteiger partial charge in [-0.25, -0.2) is 0 Å². The summed E-state index contributed by atoms with van der Waals surface area (Å²) in [7, 11) is 0. The first-order chi connectivity index (χ1) is 8.64. The van der Waals surface area contributed by atoms with Crippen molar-refractivity contribution in [3.05, 3.63) is 0 Å². The molecule has 2 aliphatic carbocycles. The Kier molecular flexibility index (Phi) is 3.68. The fourth-order valence-electron chi connectivity index (χ4n) is 3.89. The lowest BCUT2D eigenvalue weighted by molar-refractivity contribution is 0.0932. The Labute approximate surface area is 113 Å². The van der Waals surface area contributed by atoms with Gasteiger partial charge in [-0.05, 0) is 63.3 Å². The summed E-state index contributed by atoms with van der Waals surface area (Å²) >= 11 is 0. The molecule has 0 radical (unpaired) electrons. The second-order valence-corrected chi connectivity index (χ2v) is 7.62. The smallest absolute Gasteiger partial charge is 0.0195 e. The fraction of sp³-hybridized carbons (Fsp3) is 1.00. The second-order valence-electron chi connectivity index (χ2n) is 7.62. The molecule has 1 aliphatic heterocycles. The van der Waals surface area contributed by atoms with Crippen molar-refractivity contribution in [2.24, 2.45) is 5.41 Å². The van der Waals surface area contributed by atoms with Crippen LogP contribution in [0.5, 0.6) is 0 Å². The minimum Gasteiger partial charge on any atom is -0.313 e. The van der Waals surface area contributed by atoms with Crippen LogP contribution in [0.15, 0.2) is 0 Å². The van der Waals surface area contributed by atoms with E-state index in [2.05, 4.69) is 24.1 Å². The van der Waals surface area contributed by atoms with Gasteiger partial charge in [0.2, 0.25) is 0 Å². The molecule has 0 aromatic heterocycles. The van der Waals surface area contributed by atoms with Crippen molar-refractivity contribution in [1.29, 1.82) is 0 Å². The number of rotatable bonds is 4. The van der Waals surface area contributed by atoms with Crippen molar-refractivity contribution >= 4 is 0 Å². The SMILES string of the molecule is CC1(C)CCC(N(CC2CCCN2)C2CC2)CC1. The van der Waals surface area contributed by atoms with Crippen molar-refractivity contribution in [3.8, 4) is 0 Å². The predicted octanol–water partition coefficient (Wildman–Crippen LogP) is 3.17. The highest BCUT2D eigenvalue weighted by molar-refractivity contribution is 4.94. The average molecular weight is 250 g/mol. The third-order valence-corrected chi connectivity index (χ3v) is 5.39. The lowest BCUT2D eigenvalue weighted by Gasteiger charge is -2.41. The van der Waals surface area contributed by atoms with Crippen LogP contribution >= 0.6 is 0 Å². The molecule has 1 saturated heterocycles. The second kappa shape index (κ2) is 5.13. The molecule has 3 fully saturated rings. The average Bonchev–Trinajstić information content (AvgIpc) is 3.05. The first kappa shape index (κ1) is 12.9. The molecule has 2 saturated carbocycles. The zero-order valence-corrected chi connectivity index (χ0v) is 12.3. The zero-order valence-electron chi connectivity index (χ0n) is 12.3. The predicted molar refractivity (Wildman–Crippen MR) is 76.8 cm³/mol. The van der Waals surface area contributed by atoms with E-state index >= 15 is 0 Å². The molecule has 3 rings (SSSR count). The summed E-state index contributed by atoms with van der Waals surface area (Å²) in [5.41, 5.74) is 0.608. The van der Waals surface area contributed by atoms with Crippen molar-refractivity contribution < 1.29 is 0 Å².